The fourth-order valence-corrected chi connectivity index (χ4v) is 1.45. The zero-order valence-electron chi connectivity index (χ0n) is 11.7. The maximum Gasteiger partial charge on any atom is 0.329 e. The van der Waals surface area contributed by atoms with Gasteiger partial charge in [-0.25, -0.2) is 4.98 Å². The molecule has 0 fully saturated rings. The number of carbonyl (C=O) groups excluding carboxylic acids is 1. The summed E-state index contributed by atoms with van der Waals surface area (Å²) in [5.74, 6) is 0.0169. The van der Waals surface area contributed by atoms with Gasteiger partial charge in [0.15, 0.2) is 0 Å². The number of hydrogen-bond acceptors (Lipinski definition) is 7. The molecule has 1 amide bonds. The van der Waals surface area contributed by atoms with Gasteiger partial charge in [0, 0.05) is 13.6 Å². The molecule has 9 heteroatoms. The molecule has 0 spiro atoms. The summed E-state index contributed by atoms with van der Waals surface area (Å²) in [5, 5.41) is 13.6. The first kappa shape index (κ1) is 15.6. The summed E-state index contributed by atoms with van der Waals surface area (Å²) >= 11 is 0. The summed E-state index contributed by atoms with van der Waals surface area (Å²) in [4.78, 5) is 30.7. The number of hydrogen-bond donors (Lipinski definition) is 2. The first-order valence-corrected chi connectivity index (χ1v) is 6.06. The number of rotatable bonds is 6. The van der Waals surface area contributed by atoms with Crippen molar-refractivity contribution in [3.05, 3.63) is 16.3 Å². The van der Waals surface area contributed by atoms with Gasteiger partial charge in [0.1, 0.15) is 6.20 Å². The number of nitrogens with two attached hydrogens (primary N) is 1. The zero-order chi connectivity index (χ0) is 15.3. The van der Waals surface area contributed by atoms with Gasteiger partial charge in [-0.05, 0) is 5.92 Å². The Balaban J connectivity index is 2.81. The van der Waals surface area contributed by atoms with Crippen LogP contribution >= 0.6 is 0 Å². The Hall–Kier alpha value is -2.45. The normalized spacial score (nSPS) is 10.4. The van der Waals surface area contributed by atoms with Gasteiger partial charge >= 0.3 is 5.69 Å². The molecule has 1 aromatic rings. The summed E-state index contributed by atoms with van der Waals surface area (Å²) < 4.78 is 0. The first-order valence-electron chi connectivity index (χ1n) is 6.06. The van der Waals surface area contributed by atoms with Gasteiger partial charge in [0.05, 0.1) is 11.5 Å². The van der Waals surface area contributed by atoms with E-state index in [1.54, 1.807) is 0 Å². The van der Waals surface area contributed by atoms with E-state index in [0.717, 1.165) is 6.20 Å². The molecule has 0 aliphatic rings. The van der Waals surface area contributed by atoms with Crippen molar-refractivity contribution in [3.8, 4) is 0 Å². The van der Waals surface area contributed by atoms with E-state index in [-0.39, 0.29) is 29.9 Å². The molecule has 9 nitrogen and oxygen atoms in total. The molecule has 0 aromatic carbocycles. The summed E-state index contributed by atoms with van der Waals surface area (Å²) in [6.45, 7) is 4.44. The molecule has 20 heavy (non-hydrogen) atoms. The molecule has 1 heterocycles. The largest absolute Gasteiger partial charge is 0.368 e. The van der Waals surface area contributed by atoms with Crippen LogP contribution in [0, 0.1) is 16.0 Å². The third-order valence-electron chi connectivity index (χ3n) is 2.42. The lowest BCUT2D eigenvalue weighted by molar-refractivity contribution is -0.384. The van der Waals surface area contributed by atoms with E-state index in [0.29, 0.717) is 12.5 Å². The number of likely N-dealkylation sites (N-methyl/N-ethyl adjacent to an activating group) is 1. The molecule has 0 radical (unpaired) electrons. The zero-order valence-corrected chi connectivity index (χ0v) is 11.7. The van der Waals surface area contributed by atoms with E-state index in [4.69, 9.17) is 5.73 Å². The lowest BCUT2D eigenvalue weighted by atomic mass is 10.2. The number of aromatic nitrogens is 2. The highest BCUT2D eigenvalue weighted by molar-refractivity contribution is 5.81. The average Bonchev–Trinajstić information content (AvgIpc) is 2.35. The van der Waals surface area contributed by atoms with Gasteiger partial charge in [-0.1, -0.05) is 13.8 Å². The van der Waals surface area contributed by atoms with Crippen molar-refractivity contribution < 1.29 is 9.72 Å². The van der Waals surface area contributed by atoms with Gasteiger partial charge < -0.3 is 16.0 Å². The van der Waals surface area contributed by atoms with Crippen molar-refractivity contribution in [2.24, 2.45) is 5.92 Å². The highest BCUT2D eigenvalue weighted by Gasteiger charge is 2.21. The molecular weight excluding hydrogens is 264 g/mol. The minimum absolute atomic E-state index is 0.0159. The van der Waals surface area contributed by atoms with Crippen LogP contribution in [0.1, 0.15) is 13.8 Å². The Bertz CT molecular complexity index is 505. The smallest absolute Gasteiger partial charge is 0.329 e. The van der Waals surface area contributed by atoms with Crippen molar-refractivity contribution >= 4 is 23.4 Å². The third-order valence-corrected chi connectivity index (χ3v) is 2.42. The molecule has 1 rings (SSSR count). The average molecular weight is 282 g/mol. The molecule has 1 aromatic heterocycles. The number of nitrogens with zero attached hydrogens (tertiary/aromatic N) is 4. The van der Waals surface area contributed by atoms with E-state index in [1.165, 1.54) is 11.9 Å². The van der Waals surface area contributed by atoms with Gasteiger partial charge in [-0.15, -0.1) is 0 Å². The van der Waals surface area contributed by atoms with Crippen molar-refractivity contribution in [2.45, 2.75) is 13.8 Å². The summed E-state index contributed by atoms with van der Waals surface area (Å²) in [6, 6.07) is 0. The van der Waals surface area contributed by atoms with Crippen LogP contribution in [0.2, 0.25) is 0 Å². The van der Waals surface area contributed by atoms with Crippen molar-refractivity contribution in [1.82, 2.24) is 15.3 Å². The van der Waals surface area contributed by atoms with Gasteiger partial charge in [-0.2, -0.15) is 4.98 Å². The summed E-state index contributed by atoms with van der Waals surface area (Å²) in [6.07, 6.45) is 1.03. The fourth-order valence-electron chi connectivity index (χ4n) is 1.45. The topological polar surface area (TPSA) is 127 Å². The van der Waals surface area contributed by atoms with E-state index in [2.05, 4.69) is 15.3 Å². The monoisotopic (exact) mass is 282 g/mol. The molecule has 0 aliphatic carbocycles. The molecule has 110 valence electrons. The van der Waals surface area contributed by atoms with Crippen LogP contribution in [0.25, 0.3) is 0 Å². The van der Waals surface area contributed by atoms with Crippen molar-refractivity contribution in [1.29, 1.82) is 0 Å². The first-order chi connectivity index (χ1) is 9.31. The van der Waals surface area contributed by atoms with Gasteiger partial charge in [0.2, 0.25) is 17.7 Å². The number of nitrogen functional groups attached to an aromatic ring is 1. The fraction of sp³-hybridized carbons (Fsp3) is 0.545. The Kier molecular flexibility index (Phi) is 5.18. The predicted octanol–water partition coefficient (Wildman–Crippen LogP) is 0.175. The molecular formula is C11H18N6O3. The van der Waals surface area contributed by atoms with E-state index in [9.17, 15) is 14.9 Å². The molecule has 3 N–H and O–H groups in total. The highest BCUT2D eigenvalue weighted by atomic mass is 16.6. The second kappa shape index (κ2) is 6.64. The predicted molar refractivity (Wildman–Crippen MR) is 74.2 cm³/mol. The van der Waals surface area contributed by atoms with E-state index < -0.39 is 4.92 Å². The second-order valence-electron chi connectivity index (χ2n) is 4.75. The molecule has 0 unspecified atom stereocenters. The molecule has 0 aliphatic heterocycles. The molecule has 0 saturated carbocycles. The van der Waals surface area contributed by atoms with Crippen LogP contribution in [0.3, 0.4) is 0 Å². The van der Waals surface area contributed by atoms with Crippen molar-refractivity contribution in [3.63, 3.8) is 0 Å². The summed E-state index contributed by atoms with van der Waals surface area (Å²) in [5.41, 5.74) is 5.13. The highest BCUT2D eigenvalue weighted by Crippen LogP contribution is 2.24. The van der Waals surface area contributed by atoms with Crippen LogP contribution in [-0.4, -0.2) is 40.9 Å². The van der Waals surface area contributed by atoms with Crippen molar-refractivity contribution in [2.75, 3.05) is 30.8 Å². The molecule has 0 atom stereocenters. The molecule has 0 saturated heterocycles. The standard InChI is InChI=1S/C11H18N6O3/c1-7(2)4-13-9(18)6-16(3)10-8(17(19)20)5-14-11(12)15-10/h5,7H,4,6H2,1-3H3,(H,13,18)(H2,12,14,15). The van der Waals surface area contributed by atoms with E-state index >= 15 is 0 Å². The Morgan fingerprint density at radius 1 is 1.60 bits per heavy atom. The Morgan fingerprint density at radius 3 is 2.80 bits per heavy atom. The Morgan fingerprint density at radius 2 is 2.25 bits per heavy atom. The van der Waals surface area contributed by atoms with Gasteiger partial charge in [0.25, 0.3) is 0 Å². The van der Waals surface area contributed by atoms with Crippen LogP contribution in [-0.2, 0) is 4.79 Å². The maximum absolute atomic E-state index is 11.7. The minimum Gasteiger partial charge on any atom is -0.368 e. The molecule has 0 bridgehead atoms. The van der Waals surface area contributed by atoms with Crippen LogP contribution in [0.5, 0.6) is 0 Å². The summed E-state index contributed by atoms with van der Waals surface area (Å²) in [7, 11) is 1.53. The number of carbonyl (C=O) groups is 1. The second-order valence-corrected chi connectivity index (χ2v) is 4.75. The number of anilines is 2. The minimum atomic E-state index is -0.614. The maximum atomic E-state index is 11.7. The van der Waals surface area contributed by atoms with E-state index in [1.807, 2.05) is 13.8 Å². The number of amides is 1. The lowest BCUT2D eigenvalue weighted by Crippen LogP contribution is -2.37. The lowest BCUT2D eigenvalue weighted by Gasteiger charge is -2.18. The van der Waals surface area contributed by atoms with Crippen LogP contribution in [0.15, 0.2) is 6.20 Å². The van der Waals surface area contributed by atoms with Crippen LogP contribution in [0.4, 0.5) is 17.5 Å². The Labute approximate surface area is 116 Å². The number of nitrogens with one attached hydrogen (secondary N) is 1. The number of nitro groups is 1. The quantitative estimate of drug-likeness (QED) is 0.562. The SMILES string of the molecule is CC(C)CNC(=O)CN(C)c1nc(N)ncc1[N+](=O)[O-]. The van der Waals surface area contributed by atoms with Gasteiger partial charge in [-0.3, -0.25) is 14.9 Å². The third kappa shape index (κ3) is 4.34. The van der Waals surface area contributed by atoms with Crippen LogP contribution < -0.4 is 16.0 Å².